The summed E-state index contributed by atoms with van der Waals surface area (Å²) in [6.07, 6.45) is 0. The summed E-state index contributed by atoms with van der Waals surface area (Å²) in [5.41, 5.74) is 4.07. The zero-order valence-corrected chi connectivity index (χ0v) is 12.8. The van der Waals surface area contributed by atoms with E-state index in [4.69, 9.17) is 5.84 Å². The zero-order valence-electron chi connectivity index (χ0n) is 10.4. The van der Waals surface area contributed by atoms with E-state index in [-0.39, 0.29) is 11.1 Å². The summed E-state index contributed by atoms with van der Waals surface area (Å²) < 4.78 is 28.6. The molecule has 1 aromatic heterocycles. The highest BCUT2D eigenvalue weighted by molar-refractivity contribution is 9.11. The van der Waals surface area contributed by atoms with Crippen LogP contribution in [0.2, 0.25) is 0 Å². The lowest BCUT2D eigenvalue weighted by Gasteiger charge is -2.16. The number of rotatable bonds is 3. The summed E-state index contributed by atoms with van der Waals surface area (Å²) in [6.45, 7) is 3.46. The van der Waals surface area contributed by atoms with E-state index in [9.17, 15) is 8.78 Å². The zero-order chi connectivity index (χ0) is 14.2. The number of thiophene rings is 1. The number of nitrogens with two attached hydrogens (primary N) is 1. The van der Waals surface area contributed by atoms with Crippen LogP contribution >= 0.6 is 27.3 Å². The Kier molecular flexibility index (Phi) is 4.35. The van der Waals surface area contributed by atoms with Gasteiger partial charge in [0.25, 0.3) is 0 Å². The van der Waals surface area contributed by atoms with Gasteiger partial charge in [-0.05, 0) is 47.0 Å². The fourth-order valence-corrected chi connectivity index (χ4v) is 3.49. The second-order valence-corrected chi connectivity index (χ2v) is 6.71. The highest BCUT2D eigenvalue weighted by Gasteiger charge is 2.22. The molecule has 0 fully saturated rings. The molecule has 0 spiro atoms. The van der Waals surface area contributed by atoms with Gasteiger partial charge in [0.1, 0.15) is 0 Å². The maximum absolute atomic E-state index is 14.0. The Labute approximate surface area is 122 Å². The van der Waals surface area contributed by atoms with Crippen molar-refractivity contribution in [3.8, 4) is 0 Å². The molecule has 1 unspecified atom stereocenters. The Morgan fingerprint density at radius 3 is 2.42 bits per heavy atom. The van der Waals surface area contributed by atoms with Crippen LogP contribution in [0.25, 0.3) is 0 Å². The first-order valence-electron chi connectivity index (χ1n) is 5.62. The molecule has 0 saturated carbocycles. The average Bonchev–Trinajstić information content (AvgIpc) is 2.70. The standard InChI is InChI=1S/C13H13BrF2N2S/c1-6-3-4-8(11(16)10(6)15)12(18-17)9-5-7(2)13(14)19-9/h3-5,12,18H,17H2,1-2H3. The minimum atomic E-state index is -0.856. The maximum Gasteiger partial charge on any atom is 0.164 e. The van der Waals surface area contributed by atoms with E-state index in [1.54, 1.807) is 12.1 Å². The van der Waals surface area contributed by atoms with Gasteiger partial charge in [0.2, 0.25) is 0 Å². The molecule has 0 radical (unpaired) electrons. The lowest BCUT2D eigenvalue weighted by molar-refractivity contribution is 0.480. The molecule has 1 heterocycles. The number of benzene rings is 1. The van der Waals surface area contributed by atoms with Crippen molar-refractivity contribution in [3.63, 3.8) is 0 Å². The molecule has 2 nitrogen and oxygen atoms in total. The first kappa shape index (κ1) is 14.6. The van der Waals surface area contributed by atoms with Crippen LogP contribution in [0.5, 0.6) is 0 Å². The van der Waals surface area contributed by atoms with Gasteiger partial charge in [-0.2, -0.15) is 0 Å². The van der Waals surface area contributed by atoms with Gasteiger partial charge in [-0.25, -0.2) is 14.2 Å². The van der Waals surface area contributed by atoms with Gasteiger partial charge in [0.05, 0.1) is 9.83 Å². The number of hydrogen-bond acceptors (Lipinski definition) is 3. The number of nitrogens with one attached hydrogen (secondary N) is 1. The summed E-state index contributed by atoms with van der Waals surface area (Å²) in [6, 6.07) is 4.44. The molecule has 0 bridgehead atoms. The van der Waals surface area contributed by atoms with Crippen LogP contribution in [0.1, 0.15) is 27.6 Å². The highest BCUT2D eigenvalue weighted by atomic mass is 79.9. The average molecular weight is 347 g/mol. The van der Waals surface area contributed by atoms with Crippen molar-refractivity contribution >= 4 is 27.3 Å². The number of hydrazine groups is 1. The van der Waals surface area contributed by atoms with Crippen molar-refractivity contribution in [2.24, 2.45) is 5.84 Å². The molecule has 0 aliphatic carbocycles. The first-order chi connectivity index (χ1) is 8.95. The van der Waals surface area contributed by atoms with Gasteiger partial charge < -0.3 is 0 Å². The maximum atomic E-state index is 14.0. The molecule has 2 rings (SSSR count). The van der Waals surface area contributed by atoms with Crippen LogP contribution in [0.4, 0.5) is 8.78 Å². The highest BCUT2D eigenvalue weighted by Crippen LogP contribution is 2.35. The molecule has 2 aromatic rings. The predicted octanol–water partition coefficient (Wildman–Crippen LogP) is 3.96. The molecule has 19 heavy (non-hydrogen) atoms. The smallest absolute Gasteiger partial charge is 0.164 e. The van der Waals surface area contributed by atoms with Gasteiger partial charge in [0.15, 0.2) is 11.6 Å². The SMILES string of the molecule is Cc1cc(C(NN)c2ccc(C)c(F)c2F)sc1Br. The molecule has 0 amide bonds. The normalized spacial score (nSPS) is 12.7. The predicted molar refractivity (Wildman–Crippen MR) is 77.0 cm³/mol. The van der Waals surface area contributed by atoms with Crippen LogP contribution in [0.15, 0.2) is 22.0 Å². The van der Waals surface area contributed by atoms with Gasteiger partial charge >= 0.3 is 0 Å². The molecule has 102 valence electrons. The van der Waals surface area contributed by atoms with E-state index >= 15 is 0 Å². The molecule has 3 N–H and O–H groups in total. The second kappa shape index (κ2) is 5.66. The number of hydrogen-bond donors (Lipinski definition) is 2. The molecule has 0 aliphatic rings. The largest absolute Gasteiger partial charge is 0.271 e. The van der Waals surface area contributed by atoms with E-state index in [1.165, 1.54) is 18.3 Å². The Bertz CT molecular complexity index is 593. The Morgan fingerprint density at radius 1 is 1.21 bits per heavy atom. The van der Waals surface area contributed by atoms with Crippen LogP contribution in [0, 0.1) is 25.5 Å². The minimum absolute atomic E-state index is 0.208. The first-order valence-corrected chi connectivity index (χ1v) is 7.23. The monoisotopic (exact) mass is 346 g/mol. The van der Waals surface area contributed by atoms with Crippen molar-refractivity contribution in [2.45, 2.75) is 19.9 Å². The lowest BCUT2D eigenvalue weighted by Crippen LogP contribution is -2.29. The molecular weight excluding hydrogens is 334 g/mol. The van der Waals surface area contributed by atoms with E-state index < -0.39 is 17.7 Å². The molecular formula is C13H13BrF2N2S. The Hall–Kier alpha value is -0.820. The van der Waals surface area contributed by atoms with Gasteiger partial charge in [0, 0.05) is 10.4 Å². The van der Waals surface area contributed by atoms with Gasteiger partial charge in [-0.1, -0.05) is 12.1 Å². The van der Waals surface area contributed by atoms with Gasteiger partial charge in [-0.15, -0.1) is 11.3 Å². The summed E-state index contributed by atoms with van der Waals surface area (Å²) in [7, 11) is 0. The topological polar surface area (TPSA) is 38.0 Å². The van der Waals surface area contributed by atoms with Crippen molar-refractivity contribution in [2.75, 3.05) is 0 Å². The molecule has 1 atom stereocenters. The second-order valence-electron chi connectivity index (χ2n) is 4.30. The molecule has 6 heteroatoms. The molecule has 0 saturated heterocycles. The van der Waals surface area contributed by atoms with E-state index in [0.29, 0.717) is 0 Å². The van der Waals surface area contributed by atoms with Crippen molar-refractivity contribution in [3.05, 3.63) is 55.2 Å². The third-order valence-corrected chi connectivity index (χ3v) is 5.15. The fourth-order valence-electron chi connectivity index (χ4n) is 1.83. The van der Waals surface area contributed by atoms with E-state index in [2.05, 4.69) is 21.4 Å². The number of halogens is 3. The number of aryl methyl sites for hydroxylation is 2. The van der Waals surface area contributed by atoms with E-state index in [0.717, 1.165) is 14.2 Å². The van der Waals surface area contributed by atoms with Crippen LogP contribution in [0.3, 0.4) is 0 Å². The lowest BCUT2D eigenvalue weighted by atomic mass is 10.0. The third kappa shape index (κ3) is 2.72. The summed E-state index contributed by atoms with van der Waals surface area (Å²) in [5, 5.41) is 0. The van der Waals surface area contributed by atoms with Crippen molar-refractivity contribution < 1.29 is 8.78 Å². The van der Waals surface area contributed by atoms with Crippen molar-refractivity contribution in [1.29, 1.82) is 0 Å². The summed E-state index contributed by atoms with van der Waals surface area (Å²) >= 11 is 4.86. The molecule has 0 aliphatic heterocycles. The quantitative estimate of drug-likeness (QED) is 0.652. The fraction of sp³-hybridized carbons (Fsp3) is 0.231. The van der Waals surface area contributed by atoms with Crippen LogP contribution < -0.4 is 11.3 Å². The Morgan fingerprint density at radius 2 is 1.89 bits per heavy atom. The summed E-state index contributed by atoms with van der Waals surface area (Å²) in [5.74, 6) is 3.82. The summed E-state index contributed by atoms with van der Waals surface area (Å²) in [4.78, 5) is 0.828. The molecule has 1 aromatic carbocycles. The van der Waals surface area contributed by atoms with Gasteiger partial charge in [-0.3, -0.25) is 5.84 Å². The third-order valence-electron chi connectivity index (χ3n) is 2.94. The van der Waals surface area contributed by atoms with E-state index in [1.807, 2.05) is 13.0 Å². The van der Waals surface area contributed by atoms with Crippen LogP contribution in [-0.2, 0) is 0 Å². The van der Waals surface area contributed by atoms with Crippen molar-refractivity contribution in [1.82, 2.24) is 5.43 Å². The minimum Gasteiger partial charge on any atom is -0.271 e. The van der Waals surface area contributed by atoms with Crippen LogP contribution in [-0.4, -0.2) is 0 Å². The Balaban J connectivity index is 2.51.